The van der Waals surface area contributed by atoms with Crippen molar-refractivity contribution in [2.75, 3.05) is 24.7 Å². The van der Waals surface area contributed by atoms with E-state index in [1.54, 1.807) is 6.92 Å². The van der Waals surface area contributed by atoms with Crippen molar-refractivity contribution in [2.24, 2.45) is 0 Å². The molecule has 34 heavy (non-hydrogen) atoms. The minimum absolute atomic E-state index is 0. The summed E-state index contributed by atoms with van der Waals surface area (Å²) in [6.07, 6.45) is 1.54. The van der Waals surface area contributed by atoms with Crippen LogP contribution in [0.5, 0.6) is 0 Å². The minimum atomic E-state index is -0.833. The Bertz CT molecular complexity index is 984. The molecular weight excluding hydrogens is 441 g/mol. The first-order valence-corrected chi connectivity index (χ1v) is 11.0. The Morgan fingerprint density at radius 1 is 1.00 bits per heavy atom. The number of rotatable bonds is 9. The summed E-state index contributed by atoms with van der Waals surface area (Å²) in [5.41, 5.74) is 3.78. The molecule has 1 atom stereocenters. The number of benzene rings is 2. The predicted molar refractivity (Wildman–Crippen MR) is 129 cm³/mol. The molecule has 1 aromatic heterocycles. The number of aromatic nitrogens is 2. The Labute approximate surface area is 224 Å². The first-order chi connectivity index (χ1) is 15.8. The maximum Gasteiger partial charge on any atom is 1.00 e. The van der Waals surface area contributed by atoms with E-state index in [4.69, 9.17) is 24.6 Å². The molecule has 0 radical (unpaired) electrons. The molecule has 0 saturated heterocycles. The predicted octanol–water partition coefficient (Wildman–Crippen LogP) is 0.886. The van der Waals surface area contributed by atoms with Gasteiger partial charge in [-0.25, -0.2) is 4.98 Å². The van der Waals surface area contributed by atoms with Gasteiger partial charge in [0, 0.05) is 36.7 Å². The molecule has 7 nitrogen and oxygen atoms in total. The summed E-state index contributed by atoms with van der Waals surface area (Å²) >= 11 is 0. The van der Waals surface area contributed by atoms with Gasteiger partial charge < -0.3 is 19.8 Å². The van der Waals surface area contributed by atoms with Gasteiger partial charge in [0.25, 0.3) is 5.97 Å². The van der Waals surface area contributed by atoms with Crippen LogP contribution in [-0.4, -0.2) is 52.9 Å². The number of aliphatic carboxylic acids is 1. The number of hydrogen-bond acceptors (Lipinski definition) is 6. The largest absolute Gasteiger partial charge is 1.00 e. The average molecular weight is 474 g/mol. The van der Waals surface area contributed by atoms with E-state index in [0.29, 0.717) is 13.2 Å². The molecule has 0 aliphatic heterocycles. The third kappa shape index (κ3) is 9.52. The van der Waals surface area contributed by atoms with Gasteiger partial charge in [0.2, 0.25) is 0 Å². The fraction of sp³-hybridized carbons (Fsp3) is 0.346. The number of hydrogen-bond donors (Lipinski definition) is 1. The molecule has 3 aromatic rings. The Morgan fingerprint density at radius 2 is 1.50 bits per heavy atom. The second kappa shape index (κ2) is 15.6. The SMILES string of the molecule is CC(=O)O.CC(C[O-])OCCN(c1cnc(-c2ccccc2)c(-c2ccccc2)n1)C(C)C.[Na+]. The van der Waals surface area contributed by atoms with E-state index in [1.807, 2.05) is 42.6 Å². The molecule has 0 fully saturated rings. The van der Waals surface area contributed by atoms with E-state index in [0.717, 1.165) is 35.3 Å². The molecule has 0 aliphatic carbocycles. The van der Waals surface area contributed by atoms with Crippen molar-refractivity contribution in [2.45, 2.75) is 39.8 Å². The van der Waals surface area contributed by atoms with Crippen LogP contribution in [0.2, 0.25) is 0 Å². The number of nitrogens with zero attached hydrogens (tertiary/aromatic N) is 3. The topological polar surface area (TPSA) is 98.6 Å². The summed E-state index contributed by atoms with van der Waals surface area (Å²) in [5.74, 6) is -0.0306. The average Bonchev–Trinajstić information content (AvgIpc) is 2.82. The molecule has 8 heteroatoms. The van der Waals surface area contributed by atoms with Crippen molar-refractivity contribution in [3.63, 3.8) is 0 Å². The smallest absolute Gasteiger partial charge is 0.853 e. The van der Waals surface area contributed by atoms with Crippen LogP contribution in [-0.2, 0) is 9.53 Å². The molecule has 3 rings (SSSR count). The maximum atomic E-state index is 10.9. The van der Waals surface area contributed by atoms with Crippen LogP contribution in [0.15, 0.2) is 66.9 Å². The quantitative estimate of drug-likeness (QED) is 0.461. The molecule has 1 unspecified atom stereocenters. The van der Waals surface area contributed by atoms with Crippen LogP contribution < -0.4 is 39.6 Å². The summed E-state index contributed by atoms with van der Waals surface area (Å²) < 4.78 is 5.60. The van der Waals surface area contributed by atoms with Crippen molar-refractivity contribution in [3.05, 3.63) is 66.9 Å². The maximum absolute atomic E-state index is 10.9. The van der Waals surface area contributed by atoms with Gasteiger partial charge in [-0.2, -0.15) is 0 Å². The summed E-state index contributed by atoms with van der Waals surface area (Å²) in [6.45, 7) is 8.01. The van der Waals surface area contributed by atoms with E-state index in [-0.39, 0.29) is 48.3 Å². The van der Waals surface area contributed by atoms with Gasteiger partial charge in [0.1, 0.15) is 5.82 Å². The third-order valence-corrected chi connectivity index (χ3v) is 4.74. The van der Waals surface area contributed by atoms with Crippen molar-refractivity contribution in [1.29, 1.82) is 0 Å². The third-order valence-electron chi connectivity index (χ3n) is 4.74. The molecular formula is C26H32N3NaO4. The number of carboxylic acid groups (broad SMARTS) is 1. The molecule has 1 N–H and O–H groups in total. The van der Waals surface area contributed by atoms with Crippen molar-refractivity contribution in [1.82, 2.24) is 9.97 Å². The van der Waals surface area contributed by atoms with Crippen LogP contribution in [0.25, 0.3) is 22.5 Å². The Hall–Kier alpha value is -2.29. The summed E-state index contributed by atoms with van der Waals surface area (Å²) in [7, 11) is 0. The second-order valence-corrected chi connectivity index (χ2v) is 7.81. The van der Waals surface area contributed by atoms with Crippen molar-refractivity contribution >= 4 is 11.8 Å². The Kier molecular flexibility index (Phi) is 13.6. The fourth-order valence-electron chi connectivity index (χ4n) is 3.16. The van der Waals surface area contributed by atoms with Gasteiger partial charge in [-0.15, -0.1) is 6.61 Å². The first kappa shape index (κ1) is 29.7. The van der Waals surface area contributed by atoms with Gasteiger partial charge in [-0.05, 0) is 20.8 Å². The standard InChI is InChI=1S/C24H28N3O2.C2H4O2.Na/c1-18(2)27(14-15-29-19(3)17-28)22-16-25-23(20-10-6-4-7-11-20)24(26-22)21-12-8-5-9-13-21;1-2(3)4;/h4-13,16,18-19H,14-15,17H2,1-3H3;1H3,(H,3,4);/q-1;;+1. The van der Waals surface area contributed by atoms with Gasteiger partial charge in [0.15, 0.2) is 0 Å². The van der Waals surface area contributed by atoms with Gasteiger partial charge in [-0.1, -0.05) is 60.7 Å². The van der Waals surface area contributed by atoms with Crippen LogP contribution in [0.3, 0.4) is 0 Å². The molecule has 1 heterocycles. The van der Waals surface area contributed by atoms with Crippen LogP contribution in [0.1, 0.15) is 27.7 Å². The zero-order valence-electron chi connectivity index (χ0n) is 20.6. The minimum Gasteiger partial charge on any atom is -0.853 e. The normalized spacial score (nSPS) is 11.1. The van der Waals surface area contributed by atoms with Gasteiger partial charge in [-0.3, -0.25) is 9.78 Å². The first-order valence-electron chi connectivity index (χ1n) is 11.0. The molecule has 176 valence electrons. The number of ether oxygens (including phenoxy) is 1. The van der Waals surface area contributed by atoms with E-state index in [9.17, 15) is 5.11 Å². The Morgan fingerprint density at radius 3 is 1.97 bits per heavy atom. The molecule has 0 spiro atoms. The number of carboxylic acids is 1. The van der Waals surface area contributed by atoms with E-state index < -0.39 is 5.97 Å². The zero-order chi connectivity index (χ0) is 24.2. The van der Waals surface area contributed by atoms with E-state index in [2.05, 4.69) is 43.0 Å². The van der Waals surface area contributed by atoms with Crippen molar-refractivity contribution < 1.29 is 49.3 Å². The van der Waals surface area contributed by atoms with Crippen molar-refractivity contribution in [3.8, 4) is 22.5 Å². The molecule has 0 aliphatic rings. The van der Waals surface area contributed by atoms with Crippen LogP contribution >= 0.6 is 0 Å². The summed E-state index contributed by atoms with van der Waals surface area (Å²) in [4.78, 5) is 21.0. The number of carbonyl (C=O) groups is 1. The summed E-state index contributed by atoms with van der Waals surface area (Å²) in [5, 5.41) is 18.3. The Balaban J connectivity index is 0.00000107. The molecule has 2 aromatic carbocycles. The van der Waals surface area contributed by atoms with Gasteiger partial charge in [0.05, 0.1) is 24.2 Å². The van der Waals surface area contributed by atoms with Gasteiger partial charge >= 0.3 is 29.6 Å². The molecule has 0 amide bonds. The monoisotopic (exact) mass is 473 g/mol. The van der Waals surface area contributed by atoms with Crippen LogP contribution in [0, 0.1) is 0 Å². The second-order valence-electron chi connectivity index (χ2n) is 7.81. The molecule has 0 bridgehead atoms. The summed E-state index contributed by atoms with van der Waals surface area (Å²) in [6, 6.07) is 20.5. The molecule has 0 saturated carbocycles. The fourth-order valence-corrected chi connectivity index (χ4v) is 3.16. The number of anilines is 1. The van der Waals surface area contributed by atoms with E-state index >= 15 is 0 Å². The van der Waals surface area contributed by atoms with E-state index in [1.165, 1.54) is 0 Å². The zero-order valence-corrected chi connectivity index (χ0v) is 22.6. The van der Waals surface area contributed by atoms with Crippen LogP contribution in [0.4, 0.5) is 5.82 Å².